The van der Waals surface area contributed by atoms with Crippen molar-refractivity contribution in [2.24, 2.45) is 17.6 Å². The highest BCUT2D eigenvalue weighted by atomic mass is 16.5. The van der Waals surface area contributed by atoms with E-state index in [1.807, 2.05) is 12.1 Å². The molecule has 1 saturated heterocycles. The summed E-state index contributed by atoms with van der Waals surface area (Å²) in [5.74, 6) is 2.41. The summed E-state index contributed by atoms with van der Waals surface area (Å²) in [6, 6.07) is 8.44. The minimum Gasteiger partial charge on any atom is -0.497 e. The van der Waals surface area contributed by atoms with Crippen molar-refractivity contribution in [2.75, 3.05) is 26.7 Å². The van der Waals surface area contributed by atoms with E-state index in [4.69, 9.17) is 10.5 Å². The number of piperidine rings is 1. The van der Waals surface area contributed by atoms with E-state index >= 15 is 0 Å². The molecule has 2 N–H and O–H groups in total. The van der Waals surface area contributed by atoms with Crippen molar-refractivity contribution in [3.05, 3.63) is 29.8 Å². The van der Waals surface area contributed by atoms with E-state index < -0.39 is 0 Å². The zero-order valence-corrected chi connectivity index (χ0v) is 12.8. The Labute approximate surface area is 123 Å². The molecule has 1 aromatic carbocycles. The molecule has 0 saturated carbocycles. The third kappa shape index (κ3) is 4.50. The fourth-order valence-electron chi connectivity index (χ4n) is 3.14. The Balaban J connectivity index is 1.85. The van der Waals surface area contributed by atoms with Gasteiger partial charge < -0.3 is 10.5 Å². The SMILES string of the molecule is COc1ccc(CN2CCCC(CC(C)CN)C2)cc1. The molecule has 3 nitrogen and oxygen atoms in total. The Morgan fingerprint density at radius 3 is 2.75 bits per heavy atom. The Morgan fingerprint density at radius 1 is 1.35 bits per heavy atom. The van der Waals surface area contributed by atoms with Crippen LogP contribution in [0.1, 0.15) is 31.7 Å². The van der Waals surface area contributed by atoms with E-state index in [9.17, 15) is 0 Å². The average molecular weight is 276 g/mol. The lowest BCUT2D eigenvalue weighted by atomic mass is 9.89. The van der Waals surface area contributed by atoms with Gasteiger partial charge in [0.2, 0.25) is 0 Å². The summed E-state index contributed by atoms with van der Waals surface area (Å²) in [5, 5.41) is 0. The van der Waals surface area contributed by atoms with E-state index in [-0.39, 0.29) is 0 Å². The smallest absolute Gasteiger partial charge is 0.118 e. The molecule has 1 aliphatic rings. The van der Waals surface area contributed by atoms with Gasteiger partial charge in [-0.25, -0.2) is 0 Å². The minimum absolute atomic E-state index is 0.654. The number of hydrogen-bond acceptors (Lipinski definition) is 3. The highest BCUT2D eigenvalue weighted by Gasteiger charge is 2.21. The van der Waals surface area contributed by atoms with Gasteiger partial charge >= 0.3 is 0 Å². The van der Waals surface area contributed by atoms with Crippen molar-refractivity contribution in [1.82, 2.24) is 4.90 Å². The second-order valence-electron chi connectivity index (χ2n) is 6.17. The Morgan fingerprint density at radius 2 is 2.10 bits per heavy atom. The van der Waals surface area contributed by atoms with Gasteiger partial charge in [0.25, 0.3) is 0 Å². The number of likely N-dealkylation sites (tertiary alicyclic amines) is 1. The number of benzene rings is 1. The zero-order chi connectivity index (χ0) is 14.4. The normalized spacial score (nSPS) is 21.6. The summed E-state index contributed by atoms with van der Waals surface area (Å²) in [7, 11) is 1.71. The molecule has 1 heterocycles. The first-order valence-electron chi connectivity index (χ1n) is 7.76. The number of ether oxygens (including phenoxy) is 1. The molecule has 1 aliphatic heterocycles. The Hall–Kier alpha value is -1.06. The van der Waals surface area contributed by atoms with Crippen LogP contribution in [-0.2, 0) is 6.54 Å². The molecule has 112 valence electrons. The van der Waals surface area contributed by atoms with E-state index in [2.05, 4.69) is 24.0 Å². The standard InChI is InChI=1S/C17H28N2O/c1-14(11-18)10-16-4-3-9-19(13-16)12-15-5-7-17(20-2)8-6-15/h5-8,14,16H,3-4,9-13,18H2,1-2H3. The minimum atomic E-state index is 0.654. The first kappa shape index (κ1) is 15.3. The number of nitrogens with zero attached hydrogens (tertiary/aromatic N) is 1. The molecular formula is C17H28N2O. The Kier molecular flexibility index (Phi) is 5.86. The van der Waals surface area contributed by atoms with Crippen molar-refractivity contribution in [2.45, 2.75) is 32.7 Å². The van der Waals surface area contributed by atoms with Crippen LogP contribution in [0, 0.1) is 11.8 Å². The highest BCUT2D eigenvalue weighted by molar-refractivity contribution is 5.27. The van der Waals surface area contributed by atoms with Crippen molar-refractivity contribution in [3.63, 3.8) is 0 Å². The maximum absolute atomic E-state index is 5.75. The van der Waals surface area contributed by atoms with Gasteiger partial charge in [0.15, 0.2) is 0 Å². The topological polar surface area (TPSA) is 38.5 Å². The molecule has 3 heteroatoms. The van der Waals surface area contributed by atoms with Crippen molar-refractivity contribution >= 4 is 0 Å². The van der Waals surface area contributed by atoms with E-state index in [0.29, 0.717) is 5.92 Å². The molecular weight excluding hydrogens is 248 g/mol. The molecule has 0 aliphatic carbocycles. The van der Waals surface area contributed by atoms with Gasteiger partial charge in [-0.3, -0.25) is 4.90 Å². The lowest BCUT2D eigenvalue weighted by Gasteiger charge is -2.33. The van der Waals surface area contributed by atoms with Crippen LogP contribution in [-0.4, -0.2) is 31.6 Å². The number of rotatable bonds is 6. The third-order valence-corrected chi connectivity index (χ3v) is 4.31. The largest absolute Gasteiger partial charge is 0.497 e. The molecule has 20 heavy (non-hydrogen) atoms. The van der Waals surface area contributed by atoms with Gasteiger partial charge in [-0.05, 0) is 61.9 Å². The maximum atomic E-state index is 5.75. The van der Waals surface area contributed by atoms with E-state index in [1.165, 1.54) is 37.9 Å². The highest BCUT2D eigenvalue weighted by Crippen LogP contribution is 2.24. The molecule has 0 aromatic heterocycles. The summed E-state index contributed by atoms with van der Waals surface area (Å²) < 4.78 is 5.21. The van der Waals surface area contributed by atoms with Crippen molar-refractivity contribution in [3.8, 4) is 5.75 Å². The molecule has 0 spiro atoms. The predicted octanol–water partition coefficient (Wildman–Crippen LogP) is 2.89. The van der Waals surface area contributed by atoms with Gasteiger partial charge in [-0.1, -0.05) is 19.1 Å². The summed E-state index contributed by atoms with van der Waals surface area (Å²) in [6.07, 6.45) is 3.96. The number of nitrogens with two attached hydrogens (primary N) is 1. The number of methoxy groups -OCH3 is 1. The lowest BCUT2D eigenvalue weighted by Crippen LogP contribution is -2.36. The first-order valence-corrected chi connectivity index (χ1v) is 7.76. The van der Waals surface area contributed by atoms with Gasteiger partial charge in [-0.15, -0.1) is 0 Å². The van der Waals surface area contributed by atoms with Gasteiger partial charge in [0.05, 0.1) is 7.11 Å². The molecule has 2 atom stereocenters. The van der Waals surface area contributed by atoms with Gasteiger partial charge in [0.1, 0.15) is 5.75 Å². The molecule has 2 rings (SSSR count). The quantitative estimate of drug-likeness (QED) is 0.868. The predicted molar refractivity (Wildman–Crippen MR) is 83.8 cm³/mol. The van der Waals surface area contributed by atoms with Crippen LogP contribution in [0.3, 0.4) is 0 Å². The molecule has 0 bridgehead atoms. The van der Waals surface area contributed by atoms with Crippen LogP contribution in [0.2, 0.25) is 0 Å². The van der Waals surface area contributed by atoms with E-state index in [1.54, 1.807) is 7.11 Å². The molecule has 1 aromatic rings. The molecule has 1 fully saturated rings. The lowest BCUT2D eigenvalue weighted by molar-refractivity contribution is 0.152. The second kappa shape index (κ2) is 7.65. The second-order valence-corrected chi connectivity index (χ2v) is 6.17. The summed E-state index contributed by atoms with van der Waals surface area (Å²) in [4.78, 5) is 2.58. The van der Waals surface area contributed by atoms with Crippen LogP contribution in [0.5, 0.6) is 5.75 Å². The van der Waals surface area contributed by atoms with Gasteiger partial charge in [0, 0.05) is 13.1 Å². The van der Waals surface area contributed by atoms with Crippen LogP contribution in [0.4, 0.5) is 0 Å². The summed E-state index contributed by atoms with van der Waals surface area (Å²) in [5.41, 5.74) is 7.12. The van der Waals surface area contributed by atoms with E-state index in [0.717, 1.165) is 24.8 Å². The summed E-state index contributed by atoms with van der Waals surface area (Å²) in [6.45, 7) is 6.57. The van der Waals surface area contributed by atoms with Crippen LogP contribution < -0.4 is 10.5 Å². The zero-order valence-electron chi connectivity index (χ0n) is 12.8. The van der Waals surface area contributed by atoms with Crippen LogP contribution >= 0.6 is 0 Å². The number of hydrogen-bond donors (Lipinski definition) is 1. The fourth-order valence-corrected chi connectivity index (χ4v) is 3.14. The van der Waals surface area contributed by atoms with Gasteiger partial charge in [-0.2, -0.15) is 0 Å². The maximum Gasteiger partial charge on any atom is 0.118 e. The van der Waals surface area contributed by atoms with Crippen molar-refractivity contribution < 1.29 is 4.74 Å². The Bertz CT molecular complexity index is 390. The fraction of sp³-hybridized carbons (Fsp3) is 0.647. The van der Waals surface area contributed by atoms with Crippen LogP contribution in [0.25, 0.3) is 0 Å². The van der Waals surface area contributed by atoms with Crippen molar-refractivity contribution in [1.29, 1.82) is 0 Å². The molecule has 0 radical (unpaired) electrons. The first-order chi connectivity index (χ1) is 9.71. The average Bonchev–Trinajstić information content (AvgIpc) is 2.48. The third-order valence-electron chi connectivity index (χ3n) is 4.31. The summed E-state index contributed by atoms with van der Waals surface area (Å²) >= 11 is 0. The monoisotopic (exact) mass is 276 g/mol. The van der Waals surface area contributed by atoms with Crippen LogP contribution in [0.15, 0.2) is 24.3 Å². The molecule has 0 amide bonds. The molecule has 2 unspecified atom stereocenters.